The van der Waals surface area contributed by atoms with Crippen LogP contribution in [0.25, 0.3) is 0 Å². The first-order valence-corrected chi connectivity index (χ1v) is 7.40. The van der Waals surface area contributed by atoms with Crippen molar-refractivity contribution >= 4 is 11.6 Å². The first-order chi connectivity index (χ1) is 9.51. The van der Waals surface area contributed by atoms with Crippen LogP contribution in [0.4, 0.5) is 0 Å². The van der Waals surface area contributed by atoms with E-state index in [-0.39, 0.29) is 30.9 Å². The van der Waals surface area contributed by atoms with Crippen LogP contribution in [0, 0.1) is 0 Å². The summed E-state index contributed by atoms with van der Waals surface area (Å²) in [6.45, 7) is 5.57. The van der Waals surface area contributed by atoms with Crippen LogP contribution in [-0.4, -0.2) is 48.0 Å². The molecule has 1 aromatic rings. The number of benzene rings is 1. The van der Waals surface area contributed by atoms with Crippen LogP contribution < -0.4 is 5.73 Å². The van der Waals surface area contributed by atoms with E-state index < -0.39 is 0 Å². The summed E-state index contributed by atoms with van der Waals surface area (Å²) in [5, 5.41) is 10.1. The number of aliphatic hydroxyl groups is 1. The monoisotopic (exact) mass is 298 g/mol. The smallest absolute Gasteiger partial charge is 0.0936 e. The Morgan fingerprint density at radius 2 is 2.05 bits per heavy atom. The average Bonchev–Trinajstić information content (AvgIpc) is 2.40. The zero-order valence-corrected chi connectivity index (χ0v) is 12.8. The largest absolute Gasteiger partial charge is 0.394 e. The van der Waals surface area contributed by atoms with Crippen molar-refractivity contribution in [3.8, 4) is 0 Å². The minimum atomic E-state index is -0.146. The molecule has 1 aliphatic heterocycles. The van der Waals surface area contributed by atoms with E-state index in [0.29, 0.717) is 6.54 Å². The summed E-state index contributed by atoms with van der Waals surface area (Å²) < 4.78 is 5.70. The Morgan fingerprint density at radius 3 is 2.60 bits per heavy atom. The van der Waals surface area contributed by atoms with Gasteiger partial charge in [-0.3, -0.25) is 4.90 Å². The molecule has 112 valence electrons. The fourth-order valence-electron chi connectivity index (χ4n) is 2.92. The Kier molecular flexibility index (Phi) is 5.41. The van der Waals surface area contributed by atoms with Gasteiger partial charge in [-0.2, -0.15) is 0 Å². The normalized spacial score (nSPS) is 27.2. The van der Waals surface area contributed by atoms with E-state index in [1.807, 2.05) is 38.1 Å². The molecule has 20 heavy (non-hydrogen) atoms. The topological polar surface area (TPSA) is 58.7 Å². The second kappa shape index (κ2) is 6.87. The molecule has 0 saturated carbocycles. The maximum Gasteiger partial charge on any atom is 0.0936 e. The molecule has 1 saturated heterocycles. The Labute approximate surface area is 125 Å². The van der Waals surface area contributed by atoms with Crippen LogP contribution >= 0.6 is 11.6 Å². The first-order valence-electron chi connectivity index (χ1n) is 7.02. The van der Waals surface area contributed by atoms with Crippen molar-refractivity contribution in [2.45, 2.75) is 38.1 Å². The number of halogens is 1. The molecular formula is C15H23ClN2O2. The molecule has 4 nitrogen and oxygen atoms in total. The molecule has 0 amide bonds. The second-order valence-electron chi connectivity index (χ2n) is 5.56. The fraction of sp³-hybridized carbons (Fsp3) is 0.600. The van der Waals surface area contributed by atoms with Gasteiger partial charge in [-0.25, -0.2) is 0 Å². The van der Waals surface area contributed by atoms with Gasteiger partial charge in [-0.05, 0) is 31.5 Å². The third-order valence-electron chi connectivity index (χ3n) is 3.66. The summed E-state index contributed by atoms with van der Waals surface area (Å²) in [5.41, 5.74) is 7.34. The van der Waals surface area contributed by atoms with E-state index in [9.17, 15) is 5.11 Å². The third kappa shape index (κ3) is 3.71. The Bertz CT molecular complexity index is 424. The lowest BCUT2D eigenvalue weighted by molar-refractivity contribution is -0.107. The zero-order valence-electron chi connectivity index (χ0n) is 12.0. The van der Waals surface area contributed by atoms with Crippen molar-refractivity contribution in [2.75, 3.05) is 19.7 Å². The van der Waals surface area contributed by atoms with Crippen molar-refractivity contribution in [3.05, 3.63) is 34.9 Å². The molecule has 0 aromatic heterocycles. The Balaban J connectivity index is 2.21. The standard InChI is InChI=1S/C15H23ClN2O2/c1-10-7-18(8-14(9-19)20-10)15(11(2)17)12-3-5-13(16)6-4-12/h3-6,10-11,14-15,19H,7-9,17H2,1-2H3. The number of rotatable bonds is 4. The molecule has 1 aromatic carbocycles. The van der Waals surface area contributed by atoms with Gasteiger partial charge in [0, 0.05) is 30.2 Å². The van der Waals surface area contributed by atoms with Gasteiger partial charge in [0.05, 0.1) is 18.8 Å². The molecule has 5 heteroatoms. The molecule has 0 spiro atoms. The molecule has 0 bridgehead atoms. The fourth-order valence-corrected chi connectivity index (χ4v) is 3.04. The maximum absolute atomic E-state index is 9.35. The maximum atomic E-state index is 9.35. The molecule has 3 N–H and O–H groups in total. The highest BCUT2D eigenvalue weighted by Crippen LogP contribution is 2.28. The molecule has 1 aliphatic rings. The molecule has 0 radical (unpaired) electrons. The number of nitrogens with two attached hydrogens (primary N) is 1. The summed E-state index contributed by atoms with van der Waals surface area (Å²) in [5.74, 6) is 0. The summed E-state index contributed by atoms with van der Waals surface area (Å²) >= 11 is 5.95. The van der Waals surface area contributed by atoms with Gasteiger partial charge in [-0.1, -0.05) is 23.7 Å². The Morgan fingerprint density at radius 1 is 1.40 bits per heavy atom. The number of aliphatic hydroxyl groups excluding tert-OH is 1. The number of morpholine rings is 1. The van der Waals surface area contributed by atoms with E-state index in [4.69, 9.17) is 22.1 Å². The lowest BCUT2D eigenvalue weighted by atomic mass is 9.97. The molecular weight excluding hydrogens is 276 g/mol. The highest BCUT2D eigenvalue weighted by molar-refractivity contribution is 6.30. The molecule has 2 rings (SSSR count). The second-order valence-corrected chi connectivity index (χ2v) is 6.00. The minimum absolute atomic E-state index is 0.0131. The van der Waals surface area contributed by atoms with Crippen LogP contribution in [0.15, 0.2) is 24.3 Å². The van der Waals surface area contributed by atoms with Gasteiger partial charge in [0.15, 0.2) is 0 Å². The van der Waals surface area contributed by atoms with E-state index >= 15 is 0 Å². The highest BCUT2D eigenvalue weighted by Gasteiger charge is 2.32. The first kappa shape index (κ1) is 15.7. The molecule has 1 fully saturated rings. The van der Waals surface area contributed by atoms with Crippen LogP contribution in [0.1, 0.15) is 25.5 Å². The van der Waals surface area contributed by atoms with Crippen molar-refractivity contribution in [2.24, 2.45) is 5.73 Å². The summed E-state index contributed by atoms with van der Waals surface area (Å²) in [4.78, 5) is 2.29. The van der Waals surface area contributed by atoms with Crippen molar-refractivity contribution in [3.63, 3.8) is 0 Å². The quantitative estimate of drug-likeness (QED) is 0.890. The lowest BCUT2D eigenvalue weighted by Crippen LogP contribution is -2.52. The minimum Gasteiger partial charge on any atom is -0.394 e. The predicted molar refractivity (Wildman–Crippen MR) is 80.8 cm³/mol. The van der Waals surface area contributed by atoms with Gasteiger partial charge in [0.2, 0.25) is 0 Å². The summed E-state index contributed by atoms with van der Waals surface area (Å²) in [6.07, 6.45) is -0.0539. The van der Waals surface area contributed by atoms with Crippen LogP contribution in [0.5, 0.6) is 0 Å². The average molecular weight is 299 g/mol. The van der Waals surface area contributed by atoms with Crippen LogP contribution in [-0.2, 0) is 4.74 Å². The number of ether oxygens (including phenoxy) is 1. The van der Waals surface area contributed by atoms with Gasteiger partial charge >= 0.3 is 0 Å². The summed E-state index contributed by atoms with van der Waals surface area (Å²) in [7, 11) is 0. The van der Waals surface area contributed by atoms with E-state index in [1.165, 1.54) is 0 Å². The van der Waals surface area contributed by atoms with Gasteiger partial charge in [0.25, 0.3) is 0 Å². The summed E-state index contributed by atoms with van der Waals surface area (Å²) in [6, 6.07) is 7.90. The van der Waals surface area contributed by atoms with E-state index in [2.05, 4.69) is 4.90 Å². The predicted octanol–water partition coefficient (Wildman–Crippen LogP) is 1.81. The Hall–Kier alpha value is -0.650. The van der Waals surface area contributed by atoms with Gasteiger partial charge in [-0.15, -0.1) is 0 Å². The lowest BCUT2D eigenvalue weighted by Gasteiger charge is -2.42. The van der Waals surface area contributed by atoms with E-state index in [0.717, 1.165) is 17.1 Å². The zero-order chi connectivity index (χ0) is 14.7. The molecule has 1 heterocycles. The van der Waals surface area contributed by atoms with Crippen molar-refractivity contribution in [1.82, 2.24) is 4.90 Å². The highest BCUT2D eigenvalue weighted by atomic mass is 35.5. The molecule has 0 aliphatic carbocycles. The third-order valence-corrected chi connectivity index (χ3v) is 3.91. The van der Waals surface area contributed by atoms with Gasteiger partial charge < -0.3 is 15.6 Å². The van der Waals surface area contributed by atoms with Crippen molar-refractivity contribution in [1.29, 1.82) is 0 Å². The number of hydrogen-bond acceptors (Lipinski definition) is 4. The van der Waals surface area contributed by atoms with Crippen LogP contribution in [0.2, 0.25) is 5.02 Å². The van der Waals surface area contributed by atoms with Crippen LogP contribution in [0.3, 0.4) is 0 Å². The van der Waals surface area contributed by atoms with Gasteiger partial charge in [0.1, 0.15) is 0 Å². The number of nitrogens with zero attached hydrogens (tertiary/aromatic N) is 1. The molecule has 4 atom stereocenters. The molecule has 4 unspecified atom stereocenters. The SMILES string of the molecule is CC1CN(C(c2ccc(Cl)cc2)C(C)N)CC(CO)O1. The van der Waals surface area contributed by atoms with E-state index in [1.54, 1.807) is 0 Å². The van der Waals surface area contributed by atoms with Crippen molar-refractivity contribution < 1.29 is 9.84 Å². The number of hydrogen-bond donors (Lipinski definition) is 2.